The zero-order chi connectivity index (χ0) is 29.6. The summed E-state index contributed by atoms with van der Waals surface area (Å²) < 4.78 is 28.2. The number of fused-ring (bicyclic) bond motifs is 3. The standard InChI is InChI=1S/C31H28Cl2FN7O2S/c32-21-2-1-3-22(33)25(21)26-20(28(43-38-26)15-4-5-15)14-42-19-12-31(13-19)10-17-6-7-18(11-31)41(17)30-35-27-23(34)8-16(9-24(27)44-30)29-36-39-40-37-29/h1-3,8-9,15,17-19H,4-7,10-14H2,(H,36,37,39,40). The van der Waals surface area contributed by atoms with E-state index in [4.69, 9.17) is 37.4 Å². The van der Waals surface area contributed by atoms with Gasteiger partial charge >= 0.3 is 0 Å². The van der Waals surface area contributed by atoms with Crippen LogP contribution in [0.5, 0.6) is 0 Å². The van der Waals surface area contributed by atoms with Gasteiger partial charge in [0.15, 0.2) is 10.9 Å². The summed E-state index contributed by atoms with van der Waals surface area (Å²) in [5.41, 5.74) is 3.66. The number of halogens is 3. The van der Waals surface area contributed by atoms with Crippen LogP contribution < -0.4 is 4.90 Å². The Labute approximate surface area is 266 Å². The lowest BCUT2D eigenvalue weighted by molar-refractivity contribution is -0.103. The summed E-state index contributed by atoms with van der Waals surface area (Å²) in [7, 11) is 0. The summed E-state index contributed by atoms with van der Waals surface area (Å²) in [4.78, 5) is 7.25. The number of rotatable bonds is 7. The van der Waals surface area contributed by atoms with Gasteiger partial charge in [0.25, 0.3) is 0 Å². The van der Waals surface area contributed by atoms with Gasteiger partial charge in [0.2, 0.25) is 5.82 Å². The van der Waals surface area contributed by atoms with Gasteiger partial charge in [-0.3, -0.25) is 0 Å². The van der Waals surface area contributed by atoms with Crippen molar-refractivity contribution < 1.29 is 13.7 Å². The van der Waals surface area contributed by atoms with Crippen LogP contribution in [-0.4, -0.2) is 49.0 Å². The van der Waals surface area contributed by atoms with Crippen molar-refractivity contribution in [2.45, 2.75) is 82.1 Å². The molecule has 5 aromatic rings. The van der Waals surface area contributed by atoms with Crippen LogP contribution in [0.15, 0.2) is 34.9 Å². The third-order valence-corrected chi connectivity index (χ3v) is 11.6. The summed E-state index contributed by atoms with van der Waals surface area (Å²) in [6, 6.07) is 9.64. The maximum absolute atomic E-state index is 15.1. The van der Waals surface area contributed by atoms with E-state index in [1.54, 1.807) is 11.3 Å². The second kappa shape index (κ2) is 10.2. The molecule has 5 heterocycles. The molecular weight excluding hydrogens is 624 g/mol. The predicted octanol–water partition coefficient (Wildman–Crippen LogP) is 7.95. The van der Waals surface area contributed by atoms with Gasteiger partial charge in [-0.15, -0.1) is 10.2 Å². The minimum atomic E-state index is -0.359. The molecule has 2 aliphatic carbocycles. The highest BCUT2D eigenvalue weighted by Crippen LogP contribution is 2.58. The van der Waals surface area contributed by atoms with Crippen LogP contribution in [-0.2, 0) is 11.3 Å². The summed E-state index contributed by atoms with van der Waals surface area (Å²) in [6.45, 7) is 0.440. The fourth-order valence-corrected chi connectivity index (χ4v) is 9.60. The highest BCUT2D eigenvalue weighted by molar-refractivity contribution is 7.22. The molecule has 9 nitrogen and oxygen atoms in total. The lowest BCUT2D eigenvalue weighted by Gasteiger charge is -2.54. The Balaban J connectivity index is 0.899. The number of nitrogens with zero attached hydrogens (tertiary/aromatic N) is 6. The monoisotopic (exact) mass is 651 g/mol. The van der Waals surface area contributed by atoms with Gasteiger partial charge in [0.05, 0.1) is 27.5 Å². The van der Waals surface area contributed by atoms with Crippen molar-refractivity contribution in [3.8, 4) is 22.6 Å². The van der Waals surface area contributed by atoms with Crippen LogP contribution in [0.3, 0.4) is 0 Å². The predicted molar refractivity (Wildman–Crippen MR) is 165 cm³/mol. The molecule has 0 radical (unpaired) electrons. The number of nitrogens with one attached hydrogen (secondary N) is 1. The van der Waals surface area contributed by atoms with Crippen molar-refractivity contribution in [1.29, 1.82) is 0 Å². The molecule has 13 heteroatoms. The van der Waals surface area contributed by atoms with Crippen LogP contribution in [0.1, 0.15) is 68.6 Å². The molecule has 0 amide bonds. The lowest BCUT2D eigenvalue weighted by atomic mass is 9.59. The number of tetrazole rings is 1. The van der Waals surface area contributed by atoms with Gasteiger partial charge < -0.3 is 14.2 Å². The second-order valence-electron chi connectivity index (χ2n) is 12.8. The maximum Gasteiger partial charge on any atom is 0.204 e. The van der Waals surface area contributed by atoms with Crippen molar-refractivity contribution in [2.24, 2.45) is 5.41 Å². The van der Waals surface area contributed by atoms with Gasteiger partial charge in [-0.25, -0.2) is 9.37 Å². The molecule has 9 rings (SSSR count). The number of H-pyrrole nitrogens is 1. The Morgan fingerprint density at radius 1 is 1.07 bits per heavy atom. The van der Waals surface area contributed by atoms with E-state index < -0.39 is 0 Å². The van der Waals surface area contributed by atoms with E-state index in [-0.39, 0.29) is 17.3 Å². The lowest BCUT2D eigenvalue weighted by Crippen LogP contribution is -2.54. The molecule has 226 valence electrons. The first-order valence-electron chi connectivity index (χ1n) is 15.1. The number of thiazole rings is 1. The van der Waals surface area contributed by atoms with Gasteiger partial charge in [0.1, 0.15) is 17.0 Å². The number of aromatic nitrogens is 6. The van der Waals surface area contributed by atoms with E-state index >= 15 is 4.39 Å². The van der Waals surface area contributed by atoms with Crippen LogP contribution in [0.25, 0.3) is 32.9 Å². The molecule has 2 bridgehead atoms. The molecule has 1 N–H and O–H groups in total. The van der Waals surface area contributed by atoms with E-state index in [1.165, 1.54) is 6.07 Å². The zero-order valence-electron chi connectivity index (χ0n) is 23.6. The average Bonchev–Trinajstić information content (AvgIpc) is 3.31. The van der Waals surface area contributed by atoms with Gasteiger partial charge in [-0.1, -0.05) is 45.8 Å². The number of hydrogen-bond acceptors (Lipinski definition) is 9. The molecule has 2 saturated carbocycles. The summed E-state index contributed by atoms with van der Waals surface area (Å²) in [5.74, 6) is 1.32. The molecular formula is C31H28Cl2FN7O2S. The number of hydrogen-bond donors (Lipinski definition) is 1. The zero-order valence-corrected chi connectivity index (χ0v) is 25.9. The van der Waals surface area contributed by atoms with Gasteiger partial charge in [0, 0.05) is 34.7 Å². The number of aromatic amines is 1. The highest BCUT2D eigenvalue weighted by atomic mass is 35.5. The normalized spacial score (nSPS) is 26.2. The molecule has 4 fully saturated rings. The van der Waals surface area contributed by atoms with Gasteiger partial charge in [-0.05, 0) is 86.3 Å². The van der Waals surface area contributed by atoms with Crippen molar-refractivity contribution in [1.82, 2.24) is 30.8 Å². The topological polar surface area (TPSA) is 106 Å². The fourth-order valence-electron chi connectivity index (χ4n) is 7.86. The average molecular weight is 653 g/mol. The van der Waals surface area contributed by atoms with Crippen LogP contribution in [0.2, 0.25) is 10.0 Å². The Hall–Kier alpha value is -3.12. The van der Waals surface area contributed by atoms with Crippen molar-refractivity contribution in [2.75, 3.05) is 4.90 Å². The van der Waals surface area contributed by atoms with Crippen LogP contribution >= 0.6 is 34.5 Å². The molecule has 4 aliphatic rings. The first-order valence-corrected chi connectivity index (χ1v) is 16.7. The third kappa shape index (κ3) is 4.46. The van der Waals surface area contributed by atoms with Crippen molar-refractivity contribution in [3.63, 3.8) is 0 Å². The summed E-state index contributed by atoms with van der Waals surface area (Å²) in [5, 5.41) is 20.5. The van der Waals surface area contributed by atoms with Crippen molar-refractivity contribution in [3.05, 3.63) is 57.5 Å². The number of anilines is 1. The van der Waals surface area contributed by atoms with Crippen molar-refractivity contribution >= 4 is 49.9 Å². The molecule has 2 aromatic carbocycles. The van der Waals surface area contributed by atoms with E-state index in [0.29, 0.717) is 62.8 Å². The SMILES string of the molecule is Fc1cc(-c2nn[nH]n2)cc2sc(N3C4CCC3CC3(CC(OCc5c(-c6c(Cl)cccc6Cl)noc5C5CC5)C3)C4)nc12. The molecule has 2 saturated heterocycles. The highest BCUT2D eigenvalue weighted by Gasteiger charge is 2.55. The first-order chi connectivity index (χ1) is 21.4. The van der Waals surface area contributed by atoms with E-state index in [9.17, 15) is 0 Å². The second-order valence-corrected chi connectivity index (χ2v) is 14.6. The smallest absolute Gasteiger partial charge is 0.204 e. The van der Waals surface area contributed by atoms with E-state index in [1.807, 2.05) is 24.3 Å². The minimum Gasteiger partial charge on any atom is -0.373 e. The molecule has 3 aromatic heterocycles. The Morgan fingerprint density at radius 3 is 2.55 bits per heavy atom. The Morgan fingerprint density at radius 2 is 1.84 bits per heavy atom. The first kappa shape index (κ1) is 27.2. The molecule has 2 unspecified atom stereocenters. The number of ether oxygens (including phenoxy) is 1. The maximum atomic E-state index is 15.1. The number of benzene rings is 2. The van der Waals surface area contributed by atoms with Gasteiger partial charge in [-0.2, -0.15) is 5.21 Å². The summed E-state index contributed by atoms with van der Waals surface area (Å²) in [6.07, 6.45) is 8.97. The Bertz CT molecular complexity index is 1850. The number of piperidine rings is 1. The van der Waals surface area contributed by atoms with E-state index in [0.717, 1.165) is 72.5 Å². The molecule has 1 spiro atoms. The molecule has 2 aliphatic heterocycles. The quantitative estimate of drug-likeness (QED) is 0.189. The van der Waals surface area contributed by atoms with E-state index in [2.05, 4.69) is 30.7 Å². The largest absolute Gasteiger partial charge is 0.373 e. The molecule has 44 heavy (non-hydrogen) atoms. The third-order valence-electron chi connectivity index (χ3n) is 9.97. The minimum absolute atomic E-state index is 0.192. The molecule has 2 atom stereocenters. The fraction of sp³-hybridized carbons (Fsp3) is 0.452. The van der Waals surface area contributed by atoms with Crippen LogP contribution in [0.4, 0.5) is 9.52 Å². The van der Waals surface area contributed by atoms with Crippen LogP contribution in [0, 0.1) is 11.2 Å². The Kier molecular flexibility index (Phi) is 6.31. The summed E-state index contributed by atoms with van der Waals surface area (Å²) >= 11 is 14.6.